The van der Waals surface area contributed by atoms with Gasteiger partial charge in [-0.25, -0.2) is 18.1 Å². The summed E-state index contributed by atoms with van der Waals surface area (Å²) >= 11 is 2.16. The summed E-state index contributed by atoms with van der Waals surface area (Å²) in [4.78, 5) is 29.3. The summed E-state index contributed by atoms with van der Waals surface area (Å²) in [5.74, 6) is -2.74. The van der Waals surface area contributed by atoms with Crippen molar-refractivity contribution in [1.82, 2.24) is 4.98 Å². The third-order valence-electron chi connectivity index (χ3n) is 4.78. The van der Waals surface area contributed by atoms with Crippen LogP contribution in [0.5, 0.6) is 0 Å². The van der Waals surface area contributed by atoms with E-state index < -0.39 is 33.9 Å². The third kappa shape index (κ3) is 6.94. The zero-order valence-corrected chi connectivity index (χ0v) is 21.9. The molecule has 3 rings (SSSR count). The molecule has 12 heteroatoms. The Morgan fingerprint density at radius 1 is 1.00 bits per heavy atom. The van der Waals surface area contributed by atoms with Gasteiger partial charge in [-0.15, -0.1) is 0 Å². The van der Waals surface area contributed by atoms with E-state index in [9.17, 15) is 18.0 Å². The monoisotopic (exact) mass is 613 g/mol. The van der Waals surface area contributed by atoms with Crippen LogP contribution in [-0.4, -0.2) is 38.6 Å². The lowest BCUT2D eigenvalue weighted by molar-refractivity contribution is -0.162. The van der Waals surface area contributed by atoms with Crippen molar-refractivity contribution in [3.05, 3.63) is 70.1 Å². The smallest absolute Gasteiger partial charge is 0.322 e. The fourth-order valence-electron chi connectivity index (χ4n) is 3.22. The lowest BCUT2D eigenvalue weighted by Gasteiger charge is -2.26. The van der Waals surface area contributed by atoms with Crippen LogP contribution >= 0.6 is 22.6 Å². The van der Waals surface area contributed by atoms with Gasteiger partial charge in [0.05, 0.1) is 30.3 Å². The van der Waals surface area contributed by atoms with Crippen LogP contribution in [0.15, 0.2) is 70.3 Å². The van der Waals surface area contributed by atoms with Crippen LogP contribution in [0.3, 0.4) is 0 Å². The average molecular weight is 613 g/mol. The summed E-state index contributed by atoms with van der Waals surface area (Å²) < 4.78 is 43.6. The fourth-order valence-corrected chi connectivity index (χ4v) is 4.52. The number of rotatable bonds is 11. The summed E-state index contributed by atoms with van der Waals surface area (Å²) in [6.45, 7) is 3.49. The number of oxazole rings is 1. The molecule has 1 atom stereocenters. The maximum absolute atomic E-state index is 12.8. The molecule has 1 heterocycles. The standard InChI is InChI=1S/C23H24IN3O7S/c1-3-32-21(28)19(22(29)33-4-2)20(15-5-7-16(24)8-6-15)26-17-9-11-18(12-10-17)35(30,31)27-23-25-13-14-34-23/h5-14,19-20,26H,3-4H2,1-2H3,(H,25,27)/t20-/m1/s1. The first kappa shape index (κ1) is 26.5. The number of ether oxygens (including phenoxy) is 2. The van der Waals surface area contributed by atoms with Crippen molar-refractivity contribution >= 4 is 56.3 Å². The van der Waals surface area contributed by atoms with Crippen molar-refractivity contribution in [1.29, 1.82) is 0 Å². The average Bonchev–Trinajstić information content (AvgIpc) is 3.32. The molecule has 35 heavy (non-hydrogen) atoms. The van der Waals surface area contributed by atoms with Gasteiger partial charge in [-0.1, -0.05) is 12.1 Å². The first-order chi connectivity index (χ1) is 16.7. The topological polar surface area (TPSA) is 137 Å². The van der Waals surface area contributed by atoms with Gasteiger partial charge in [0.15, 0.2) is 5.92 Å². The van der Waals surface area contributed by atoms with Gasteiger partial charge in [-0.2, -0.15) is 0 Å². The SMILES string of the molecule is CCOC(=O)C(C(=O)OCC)[C@H](Nc1ccc(S(=O)(=O)Nc2ncco2)cc1)c1ccc(I)cc1. The maximum atomic E-state index is 12.8. The van der Waals surface area contributed by atoms with Gasteiger partial charge in [-0.05, 0) is 78.4 Å². The summed E-state index contributed by atoms with van der Waals surface area (Å²) in [5.41, 5.74) is 1.13. The first-order valence-electron chi connectivity index (χ1n) is 10.6. The van der Waals surface area contributed by atoms with Crippen molar-refractivity contribution in [2.45, 2.75) is 24.8 Å². The minimum Gasteiger partial charge on any atom is -0.465 e. The molecule has 0 fully saturated rings. The van der Waals surface area contributed by atoms with Crippen molar-refractivity contribution in [2.24, 2.45) is 5.92 Å². The Hall–Kier alpha value is -3.13. The Kier molecular flexibility index (Phi) is 9.09. The van der Waals surface area contributed by atoms with Gasteiger partial charge < -0.3 is 19.2 Å². The molecule has 186 valence electrons. The van der Waals surface area contributed by atoms with Crippen LogP contribution in [0.2, 0.25) is 0 Å². The van der Waals surface area contributed by atoms with Gasteiger partial charge in [-0.3, -0.25) is 9.59 Å². The first-order valence-corrected chi connectivity index (χ1v) is 13.2. The molecule has 0 bridgehead atoms. The summed E-state index contributed by atoms with van der Waals surface area (Å²) in [6.07, 6.45) is 2.57. The van der Waals surface area contributed by atoms with Crippen LogP contribution in [-0.2, 0) is 29.1 Å². The molecule has 0 radical (unpaired) electrons. The molecule has 0 saturated carbocycles. The van der Waals surface area contributed by atoms with Gasteiger partial charge in [0.1, 0.15) is 6.26 Å². The van der Waals surface area contributed by atoms with E-state index in [-0.39, 0.29) is 24.1 Å². The van der Waals surface area contributed by atoms with E-state index in [0.29, 0.717) is 11.3 Å². The molecule has 10 nitrogen and oxygen atoms in total. The quantitative estimate of drug-likeness (QED) is 0.187. The molecule has 0 aliphatic carbocycles. The second-order valence-electron chi connectivity index (χ2n) is 7.12. The molecule has 0 unspecified atom stereocenters. The normalized spacial score (nSPS) is 12.1. The number of carbonyl (C=O) groups excluding carboxylic acids is 2. The fraction of sp³-hybridized carbons (Fsp3) is 0.261. The molecule has 2 aromatic carbocycles. The largest absolute Gasteiger partial charge is 0.465 e. The predicted octanol–water partition coefficient (Wildman–Crippen LogP) is 3.98. The Balaban J connectivity index is 1.93. The number of hydrogen-bond acceptors (Lipinski definition) is 9. The molecule has 0 amide bonds. The van der Waals surface area contributed by atoms with E-state index in [4.69, 9.17) is 13.9 Å². The maximum Gasteiger partial charge on any atom is 0.322 e. The Bertz CT molecular complexity index is 1210. The van der Waals surface area contributed by atoms with E-state index in [0.717, 1.165) is 3.57 Å². The molecule has 0 aliphatic rings. The number of carbonyl (C=O) groups is 2. The molecule has 0 aliphatic heterocycles. The van der Waals surface area contributed by atoms with E-state index >= 15 is 0 Å². The number of hydrogen-bond donors (Lipinski definition) is 2. The van der Waals surface area contributed by atoms with E-state index in [1.165, 1.54) is 36.7 Å². The lowest BCUT2D eigenvalue weighted by atomic mass is 9.92. The summed E-state index contributed by atoms with van der Waals surface area (Å²) in [5, 5.41) is 3.17. The Labute approximate surface area is 216 Å². The minimum atomic E-state index is -3.93. The van der Waals surface area contributed by atoms with Crippen LogP contribution < -0.4 is 10.0 Å². The third-order valence-corrected chi connectivity index (χ3v) is 6.84. The highest BCUT2D eigenvalue weighted by molar-refractivity contribution is 14.1. The highest BCUT2D eigenvalue weighted by atomic mass is 127. The Morgan fingerprint density at radius 3 is 2.11 bits per heavy atom. The lowest BCUT2D eigenvalue weighted by Crippen LogP contribution is -2.36. The van der Waals surface area contributed by atoms with Crippen molar-refractivity contribution in [3.63, 3.8) is 0 Å². The zero-order chi connectivity index (χ0) is 25.4. The summed E-state index contributed by atoms with van der Waals surface area (Å²) in [7, 11) is -3.93. The molecular weight excluding hydrogens is 589 g/mol. The molecule has 2 N–H and O–H groups in total. The van der Waals surface area contributed by atoms with E-state index in [1.54, 1.807) is 26.0 Å². The Morgan fingerprint density at radius 2 is 1.60 bits per heavy atom. The number of anilines is 2. The zero-order valence-electron chi connectivity index (χ0n) is 18.9. The van der Waals surface area contributed by atoms with Gasteiger partial charge in [0.2, 0.25) is 0 Å². The predicted molar refractivity (Wildman–Crippen MR) is 136 cm³/mol. The van der Waals surface area contributed by atoms with Gasteiger partial charge in [0.25, 0.3) is 10.0 Å². The molecule has 3 aromatic rings. The molecule has 0 saturated heterocycles. The van der Waals surface area contributed by atoms with Crippen molar-refractivity contribution in [3.8, 4) is 0 Å². The number of sulfonamides is 1. The second-order valence-corrected chi connectivity index (χ2v) is 10.1. The number of aromatic nitrogens is 1. The van der Waals surface area contributed by atoms with Crippen LogP contribution in [0.1, 0.15) is 25.5 Å². The number of nitrogens with one attached hydrogen (secondary N) is 2. The second kappa shape index (κ2) is 12.0. The molecule has 1 aromatic heterocycles. The molecular formula is C23H24IN3O7S. The number of halogens is 1. The van der Waals surface area contributed by atoms with E-state index in [1.807, 2.05) is 12.1 Å². The number of esters is 2. The van der Waals surface area contributed by atoms with Crippen molar-refractivity contribution < 1.29 is 31.9 Å². The highest BCUT2D eigenvalue weighted by Gasteiger charge is 2.38. The molecule has 0 spiro atoms. The van der Waals surface area contributed by atoms with Crippen LogP contribution in [0, 0.1) is 9.49 Å². The summed E-state index contributed by atoms with van der Waals surface area (Å²) in [6, 6.07) is 12.1. The highest BCUT2D eigenvalue weighted by Crippen LogP contribution is 2.30. The number of benzene rings is 2. The van der Waals surface area contributed by atoms with Gasteiger partial charge >= 0.3 is 18.0 Å². The van der Waals surface area contributed by atoms with Crippen LogP contribution in [0.25, 0.3) is 0 Å². The minimum absolute atomic E-state index is 0.0283. The van der Waals surface area contributed by atoms with Crippen LogP contribution in [0.4, 0.5) is 11.7 Å². The van der Waals surface area contributed by atoms with Gasteiger partial charge in [0, 0.05) is 9.26 Å². The number of nitrogens with zero attached hydrogens (tertiary/aromatic N) is 1. The van der Waals surface area contributed by atoms with E-state index in [2.05, 4.69) is 37.6 Å². The van der Waals surface area contributed by atoms with Crippen molar-refractivity contribution in [2.75, 3.05) is 23.3 Å².